The van der Waals surface area contributed by atoms with Gasteiger partial charge in [-0.2, -0.15) is 10.1 Å². The van der Waals surface area contributed by atoms with Gasteiger partial charge in [-0.3, -0.25) is 19.7 Å². The van der Waals surface area contributed by atoms with Gasteiger partial charge in [-0.1, -0.05) is 17.7 Å². The van der Waals surface area contributed by atoms with Crippen LogP contribution in [-0.2, 0) is 11.3 Å². The fourth-order valence-corrected chi connectivity index (χ4v) is 3.10. The smallest absolute Gasteiger partial charge is 0.292 e. The van der Waals surface area contributed by atoms with Crippen molar-refractivity contribution in [2.75, 3.05) is 30.8 Å². The Labute approximate surface area is 176 Å². The summed E-state index contributed by atoms with van der Waals surface area (Å²) < 4.78 is 6.42. The normalized spacial score (nSPS) is 14.0. The summed E-state index contributed by atoms with van der Waals surface area (Å²) in [5.74, 6) is -0.532. The van der Waals surface area contributed by atoms with Crippen molar-refractivity contribution in [2.45, 2.75) is 6.54 Å². The van der Waals surface area contributed by atoms with Gasteiger partial charge >= 0.3 is 0 Å². The maximum Gasteiger partial charge on any atom is 0.292 e. The van der Waals surface area contributed by atoms with Crippen LogP contribution in [-0.4, -0.2) is 51.2 Å². The average molecular weight is 431 g/mol. The van der Waals surface area contributed by atoms with E-state index in [-0.39, 0.29) is 24.2 Å². The molecule has 1 fully saturated rings. The van der Waals surface area contributed by atoms with Crippen LogP contribution in [0.3, 0.4) is 0 Å². The Morgan fingerprint density at radius 2 is 2.17 bits per heavy atom. The highest BCUT2D eigenvalue weighted by Crippen LogP contribution is 2.29. The van der Waals surface area contributed by atoms with E-state index in [4.69, 9.17) is 21.8 Å². The zero-order chi connectivity index (χ0) is 21.1. The summed E-state index contributed by atoms with van der Waals surface area (Å²) in [4.78, 5) is 30.2. The number of nitrogens with zero attached hydrogens (tertiary/aromatic N) is 4. The predicted molar refractivity (Wildman–Crippen MR) is 109 cm³/mol. The Morgan fingerprint density at radius 3 is 2.90 bits per heavy atom. The highest BCUT2D eigenvalue weighted by molar-refractivity contribution is 6.34. The molecule has 11 nitrogen and oxygen atoms in total. The molecule has 0 atom stereocenters. The number of nitrogens with one attached hydrogen (secondary N) is 3. The average Bonchev–Trinajstić information content (AvgIpc) is 3.39. The van der Waals surface area contributed by atoms with Crippen molar-refractivity contribution in [3.8, 4) is 11.1 Å². The summed E-state index contributed by atoms with van der Waals surface area (Å²) in [6, 6.07) is 5.08. The molecule has 5 N–H and O–H groups in total. The summed E-state index contributed by atoms with van der Waals surface area (Å²) >= 11 is 6.22. The summed E-state index contributed by atoms with van der Waals surface area (Å²) in [7, 11) is 0. The number of hydrazine groups is 1. The number of hydrogen-bond acceptors (Lipinski definition) is 8. The monoisotopic (exact) mass is 430 g/mol. The van der Waals surface area contributed by atoms with Crippen molar-refractivity contribution in [1.82, 2.24) is 30.5 Å². The lowest BCUT2D eigenvalue weighted by atomic mass is 10.1. The summed E-state index contributed by atoms with van der Waals surface area (Å²) in [6.07, 6.45) is 4.58. The SMILES string of the molecule is Nc1nc(C(=O)Nc2cc(-c3cnn(CC(=O)N4CCNNC4)c3)ccc2Cl)co1. The van der Waals surface area contributed by atoms with E-state index >= 15 is 0 Å². The first-order valence-electron chi connectivity index (χ1n) is 9.08. The third kappa shape index (κ3) is 4.43. The number of aromatic nitrogens is 3. The van der Waals surface area contributed by atoms with Gasteiger partial charge in [0.15, 0.2) is 5.69 Å². The van der Waals surface area contributed by atoms with E-state index in [0.717, 1.165) is 17.4 Å². The Hall–Kier alpha value is -3.41. The van der Waals surface area contributed by atoms with Crippen LogP contribution in [0.15, 0.2) is 41.3 Å². The van der Waals surface area contributed by atoms with Crippen LogP contribution in [0.25, 0.3) is 11.1 Å². The number of rotatable bonds is 5. The lowest BCUT2D eigenvalue weighted by Gasteiger charge is -2.27. The quantitative estimate of drug-likeness (QED) is 0.468. The Balaban J connectivity index is 1.47. The number of carbonyl (C=O) groups is 2. The lowest BCUT2D eigenvalue weighted by Crippen LogP contribution is -2.54. The molecule has 0 radical (unpaired) electrons. The number of halogens is 1. The molecule has 1 aromatic carbocycles. The van der Waals surface area contributed by atoms with Crippen LogP contribution in [0.1, 0.15) is 10.5 Å². The van der Waals surface area contributed by atoms with Crippen molar-refractivity contribution in [3.63, 3.8) is 0 Å². The second-order valence-electron chi connectivity index (χ2n) is 6.57. The molecule has 1 aliphatic heterocycles. The number of benzene rings is 1. The molecule has 0 spiro atoms. The molecule has 3 aromatic rings. The first-order chi connectivity index (χ1) is 14.5. The third-order valence-electron chi connectivity index (χ3n) is 4.49. The van der Waals surface area contributed by atoms with Gasteiger partial charge in [0.2, 0.25) is 5.91 Å². The molecule has 156 valence electrons. The molecule has 3 heterocycles. The second-order valence-corrected chi connectivity index (χ2v) is 6.97. The van der Waals surface area contributed by atoms with E-state index in [1.807, 2.05) is 0 Å². The van der Waals surface area contributed by atoms with Crippen LogP contribution < -0.4 is 21.9 Å². The van der Waals surface area contributed by atoms with Gasteiger partial charge in [0.05, 0.1) is 23.6 Å². The molecule has 0 unspecified atom stereocenters. The minimum absolute atomic E-state index is 0.0328. The molecular weight excluding hydrogens is 412 g/mol. The number of anilines is 2. The summed E-state index contributed by atoms with van der Waals surface area (Å²) in [5, 5.41) is 7.31. The first-order valence-corrected chi connectivity index (χ1v) is 9.45. The molecule has 1 saturated heterocycles. The fourth-order valence-electron chi connectivity index (χ4n) is 2.94. The van der Waals surface area contributed by atoms with Crippen LogP contribution in [0, 0.1) is 0 Å². The molecule has 4 rings (SSSR count). The molecular formula is C18H19ClN8O3. The van der Waals surface area contributed by atoms with Gasteiger partial charge in [-0.15, -0.1) is 0 Å². The number of amides is 2. The standard InChI is InChI=1S/C18H19ClN8O3/c19-13-2-1-11(5-14(13)24-17(29)15-9-30-18(20)25-15)12-6-23-27(7-12)8-16(28)26-4-3-21-22-10-26/h1-2,5-7,9,21-22H,3-4,8,10H2,(H2,20,25)(H,24,29). The van der Waals surface area contributed by atoms with Gasteiger partial charge in [-0.05, 0) is 17.7 Å². The van der Waals surface area contributed by atoms with Gasteiger partial charge in [0.1, 0.15) is 12.8 Å². The van der Waals surface area contributed by atoms with E-state index in [0.29, 0.717) is 30.5 Å². The zero-order valence-corrected chi connectivity index (χ0v) is 16.5. The van der Waals surface area contributed by atoms with Gasteiger partial charge in [0, 0.05) is 24.8 Å². The number of nitrogen functional groups attached to an aromatic ring is 1. The number of hydrogen-bond donors (Lipinski definition) is 4. The van der Waals surface area contributed by atoms with Crippen molar-refractivity contribution in [3.05, 3.63) is 47.6 Å². The maximum absolute atomic E-state index is 12.4. The van der Waals surface area contributed by atoms with Gasteiger partial charge < -0.3 is 20.4 Å². The topological polar surface area (TPSA) is 143 Å². The molecule has 30 heavy (non-hydrogen) atoms. The van der Waals surface area contributed by atoms with Crippen LogP contribution in [0.2, 0.25) is 5.02 Å². The summed E-state index contributed by atoms with van der Waals surface area (Å²) in [6.45, 7) is 1.91. The number of nitrogens with two attached hydrogens (primary N) is 1. The van der Waals surface area contributed by atoms with E-state index in [9.17, 15) is 9.59 Å². The largest absolute Gasteiger partial charge is 0.431 e. The van der Waals surface area contributed by atoms with Crippen LogP contribution >= 0.6 is 11.6 Å². The zero-order valence-electron chi connectivity index (χ0n) is 15.8. The second kappa shape index (κ2) is 8.53. The highest BCUT2D eigenvalue weighted by atomic mass is 35.5. The van der Waals surface area contributed by atoms with Gasteiger partial charge in [0.25, 0.3) is 11.9 Å². The molecule has 1 aliphatic rings. The third-order valence-corrected chi connectivity index (χ3v) is 4.82. The van der Waals surface area contributed by atoms with Gasteiger partial charge in [-0.25, -0.2) is 5.43 Å². The minimum atomic E-state index is -0.500. The lowest BCUT2D eigenvalue weighted by molar-refractivity contribution is -0.133. The van der Waals surface area contributed by atoms with Crippen LogP contribution in [0.5, 0.6) is 0 Å². The van der Waals surface area contributed by atoms with E-state index in [1.54, 1.807) is 40.2 Å². The molecule has 0 bridgehead atoms. The summed E-state index contributed by atoms with van der Waals surface area (Å²) in [5.41, 5.74) is 13.3. The first kappa shape index (κ1) is 19.9. The number of carbonyl (C=O) groups excluding carboxylic acids is 2. The molecule has 0 saturated carbocycles. The van der Waals surface area contributed by atoms with Crippen molar-refractivity contribution < 1.29 is 14.0 Å². The van der Waals surface area contributed by atoms with Crippen molar-refractivity contribution in [1.29, 1.82) is 0 Å². The van der Waals surface area contributed by atoms with Crippen molar-refractivity contribution in [2.24, 2.45) is 0 Å². The molecule has 2 aromatic heterocycles. The minimum Gasteiger partial charge on any atom is -0.431 e. The Kier molecular flexibility index (Phi) is 5.65. The Morgan fingerprint density at radius 1 is 1.30 bits per heavy atom. The van der Waals surface area contributed by atoms with E-state index < -0.39 is 5.91 Å². The maximum atomic E-state index is 12.4. The number of oxazole rings is 1. The molecule has 12 heteroatoms. The Bertz CT molecular complexity index is 1070. The predicted octanol–water partition coefficient (Wildman–Crippen LogP) is 0.920. The van der Waals surface area contributed by atoms with Crippen molar-refractivity contribution >= 4 is 35.1 Å². The highest BCUT2D eigenvalue weighted by Gasteiger charge is 2.17. The fraction of sp³-hybridized carbons (Fsp3) is 0.222. The van der Waals surface area contributed by atoms with E-state index in [2.05, 4.69) is 26.3 Å². The molecule has 2 amide bonds. The van der Waals surface area contributed by atoms with E-state index in [1.165, 1.54) is 0 Å². The molecule has 0 aliphatic carbocycles. The van der Waals surface area contributed by atoms with Crippen LogP contribution in [0.4, 0.5) is 11.7 Å².